The summed E-state index contributed by atoms with van der Waals surface area (Å²) in [5.74, 6) is 0. The predicted octanol–water partition coefficient (Wildman–Crippen LogP) is 2.08. The van der Waals surface area contributed by atoms with Gasteiger partial charge in [0, 0.05) is 23.1 Å². The van der Waals surface area contributed by atoms with Gasteiger partial charge in [0.25, 0.3) is 10.0 Å². The smallest absolute Gasteiger partial charge is 0.333 e. The Morgan fingerprint density at radius 2 is 2.03 bits per heavy atom. The van der Waals surface area contributed by atoms with Gasteiger partial charge in [-0.1, -0.05) is 12.1 Å². The Labute approximate surface area is 172 Å². The number of hydrogen-bond acceptors (Lipinski definition) is 5. The van der Waals surface area contributed by atoms with Gasteiger partial charge in [-0.2, -0.15) is 0 Å². The second-order valence-electron chi connectivity index (χ2n) is 8.73. The van der Waals surface area contributed by atoms with Gasteiger partial charge in [-0.05, 0) is 81.3 Å². The number of likely N-dealkylation sites (N-methyl/N-ethyl adjacent to an activating group) is 1. The molecule has 29 heavy (non-hydrogen) atoms. The van der Waals surface area contributed by atoms with E-state index in [1.54, 1.807) is 6.08 Å². The predicted molar refractivity (Wildman–Crippen MR) is 112 cm³/mol. The Kier molecular flexibility index (Phi) is 5.21. The Morgan fingerprint density at radius 3 is 2.76 bits per heavy atom. The number of aliphatic hydroxyl groups excluding tert-OH is 1. The number of hydrogen-bond donors (Lipinski definition) is 3. The minimum atomic E-state index is -3.91. The van der Waals surface area contributed by atoms with E-state index in [1.165, 1.54) is 5.56 Å². The monoisotopic (exact) mass is 419 g/mol. The van der Waals surface area contributed by atoms with Crippen molar-refractivity contribution in [3.8, 4) is 0 Å². The number of aliphatic hydroxyl groups is 1. The van der Waals surface area contributed by atoms with Crippen molar-refractivity contribution in [3.05, 3.63) is 39.8 Å². The highest BCUT2D eigenvalue weighted by atomic mass is 32.2. The standard InChI is InChI=1S/C21H29N3O4S/c1-21(7-4-9-24(21)2)8-10-29(27,28)23-20(26)22-19-17-6-3-5-14(17)11-15-12-16(25)13-18(15)19/h8,10-11,16,25H,3-7,9,12-13H2,1-2H3,(H2,22,23,26)/b10-8+/t16?,21-/m1/s1. The van der Waals surface area contributed by atoms with Crippen molar-refractivity contribution in [2.45, 2.75) is 63.5 Å². The third-order valence-corrected chi connectivity index (χ3v) is 7.59. The molecule has 1 heterocycles. The molecule has 2 aliphatic carbocycles. The summed E-state index contributed by atoms with van der Waals surface area (Å²) >= 11 is 0. The molecule has 3 aliphatic rings. The molecule has 1 unspecified atom stereocenters. The summed E-state index contributed by atoms with van der Waals surface area (Å²) in [4.78, 5) is 14.7. The van der Waals surface area contributed by atoms with Gasteiger partial charge in [0.1, 0.15) is 0 Å². The van der Waals surface area contributed by atoms with Crippen molar-refractivity contribution in [1.29, 1.82) is 0 Å². The Hall–Kier alpha value is -1.90. The molecular formula is C21H29N3O4S. The summed E-state index contributed by atoms with van der Waals surface area (Å²) in [5, 5.41) is 13.9. The normalized spacial score (nSPS) is 26.7. The molecule has 7 nitrogen and oxygen atoms in total. The lowest BCUT2D eigenvalue weighted by Crippen LogP contribution is -2.37. The molecule has 0 radical (unpaired) electrons. The van der Waals surface area contributed by atoms with Crippen LogP contribution in [0.5, 0.6) is 0 Å². The molecular weight excluding hydrogens is 390 g/mol. The molecule has 1 fully saturated rings. The first-order chi connectivity index (χ1) is 13.7. The number of benzene rings is 1. The van der Waals surface area contributed by atoms with Crippen LogP contribution in [0.4, 0.5) is 10.5 Å². The number of carbonyl (C=O) groups is 1. The maximum atomic E-state index is 12.5. The lowest BCUT2D eigenvalue weighted by molar-refractivity contribution is 0.187. The van der Waals surface area contributed by atoms with E-state index in [-0.39, 0.29) is 5.54 Å². The number of carbonyl (C=O) groups excluding carboxylic acids is 1. The fourth-order valence-corrected chi connectivity index (χ4v) is 5.70. The number of aryl methyl sites for hydroxylation is 1. The van der Waals surface area contributed by atoms with E-state index in [0.717, 1.165) is 60.7 Å². The summed E-state index contributed by atoms with van der Waals surface area (Å²) in [6, 6.07) is 1.37. The number of rotatable bonds is 4. The van der Waals surface area contributed by atoms with Crippen molar-refractivity contribution >= 4 is 21.7 Å². The van der Waals surface area contributed by atoms with E-state index in [2.05, 4.69) is 21.0 Å². The number of nitrogens with zero attached hydrogens (tertiary/aromatic N) is 1. The third-order valence-electron chi connectivity index (χ3n) is 6.62. The van der Waals surface area contributed by atoms with Gasteiger partial charge in [0.05, 0.1) is 6.10 Å². The van der Waals surface area contributed by atoms with Crippen molar-refractivity contribution in [3.63, 3.8) is 0 Å². The van der Waals surface area contributed by atoms with Gasteiger partial charge in [-0.25, -0.2) is 17.9 Å². The van der Waals surface area contributed by atoms with Gasteiger partial charge in [0.2, 0.25) is 0 Å². The zero-order valence-corrected chi connectivity index (χ0v) is 17.8. The van der Waals surface area contributed by atoms with Gasteiger partial charge < -0.3 is 10.4 Å². The molecule has 1 saturated heterocycles. The molecule has 0 bridgehead atoms. The average molecular weight is 420 g/mol. The first kappa shape index (κ1) is 20.4. The number of anilines is 1. The van der Waals surface area contributed by atoms with E-state index in [9.17, 15) is 18.3 Å². The van der Waals surface area contributed by atoms with E-state index in [1.807, 2.05) is 14.0 Å². The molecule has 4 rings (SSSR count). The Balaban J connectivity index is 1.51. The highest BCUT2D eigenvalue weighted by Gasteiger charge is 2.32. The fourth-order valence-electron chi connectivity index (χ4n) is 4.85. The first-order valence-corrected chi connectivity index (χ1v) is 11.8. The zero-order valence-electron chi connectivity index (χ0n) is 17.0. The fraction of sp³-hybridized carbons (Fsp3) is 0.571. The van der Waals surface area contributed by atoms with Gasteiger partial charge in [0.15, 0.2) is 0 Å². The average Bonchev–Trinajstić information content (AvgIpc) is 3.32. The van der Waals surface area contributed by atoms with Crippen molar-refractivity contribution < 1.29 is 18.3 Å². The SMILES string of the molecule is CN1CCC[C@]1(C)/C=C/S(=O)(=O)NC(=O)Nc1c2c(cc3c1CC(O)C3)CCC2. The lowest BCUT2D eigenvalue weighted by atomic mass is 9.99. The number of likely N-dealkylation sites (tertiary alicyclic amines) is 1. The van der Waals surface area contributed by atoms with Gasteiger partial charge in [-0.3, -0.25) is 4.90 Å². The summed E-state index contributed by atoms with van der Waals surface area (Å²) in [5.41, 5.74) is 4.61. The molecule has 2 amide bonds. The number of fused-ring (bicyclic) bond motifs is 2. The minimum Gasteiger partial charge on any atom is -0.392 e. The van der Waals surface area contributed by atoms with Crippen LogP contribution in [0, 0.1) is 0 Å². The van der Waals surface area contributed by atoms with E-state index >= 15 is 0 Å². The largest absolute Gasteiger partial charge is 0.392 e. The molecule has 1 aromatic carbocycles. The molecule has 0 aromatic heterocycles. The topological polar surface area (TPSA) is 98.7 Å². The van der Waals surface area contributed by atoms with Crippen molar-refractivity contribution in [2.24, 2.45) is 0 Å². The number of sulfonamides is 1. The molecule has 3 N–H and O–H groups in total. The second kappa shape index (κ2) is 7.41. The molecule has 2 atom stereocenters. The summed E-state index contributed by atoms with van der Waals surface area (Å²) < 4.78 is 27.0. The molecule has 8 heteroatoms. The highest BCUT2D eigenvalue weighted by molar-refractivity contribution is 7.92. The van der Waals surface area contributed by atoms with Crippen LogP contribution in [0.2, 0.25) is 0 Å². The molecule has 0 spiro atoms. The zero-order chi connectivity index (χ0) is 20.8. The van der Waals surface area contributed by atoms with Gasteiger partial charge >= 0.3 is 6.03 Å². The molecule has 1 aromatic rings. The first-order valence-electron chi connectivity index (χ1n) is 10.3. The third kappa shape index (κ3) is 4.06. The number of amides is 2. The van der Waals surface area contributed by atoms with Crippen LogP contribution in [0.25, 0.3) is 0 Å². The lowest BCUT2D eigenvalue weighted by Gasteiger charge is -2.28. The van der Waals surface area contributed by atoms with E-state index < -0.39 is 22.2 Å². The maximum absolute atomic E-state index is 12.5. The second-order valence-corrected chi connectivity index (χ2v) is 10.3. The minimum absolute atomic E-state index is 0.317. The van der Waals surface area contributed by atoms with Crippen LogP contribution in [-0.2, 0) is 35.7 Å². The van der Waals surface area contributed by atoms with Crippen LogP contribution < -0.4 is 10.0 Å². The molecule has 0 saturated carbocycles. The van der Waals surface area contributed by atoms with Crippen LogP contribution in [-0.4, -0.2) is 49.7 Å². The van der Waals surface area contributed by atoms with E-state index in [0.29, 0.717) is 18.5 Å². The van der Waals surface area contributed by atoms with Crippen LogP contribution in [0.3, 0.4) is 0 Å². The van der Waals surface area contributed by atoms with Crippen molar-refractivity contribution in [2.75, 3.05) is 18.9 Å². The maximum Gasteiger partial charge on any atom is 0.333 e. The highest BCUT2D eigenvalue weighted by Crippen LogP contribution is 2.38. The molecule has 158 valence electrons. The number of nitrogens with one attached hydrogen (secondary N) is 2. The van der Waals surface area contributed by atoms with Crippen molar-refractivity contribution in [1.82, 2.24) is 9.62 Å². The summed E-state index contributed by atoms with van der Waals surface area (Å²) in [7, 11) is -1.94. The Morgan fingerprint density at radius 1 is 1.24 bits per heavy atom. The Bertz CT molecular complexity index is 973. The summed E-state index contributed by atoms with van der Waals surface area (Å²) in [6.45, 7) is 2.92. The quantitative estimate of drug-likeness (QED) is 0.694. The van der Waals surface area contributed by atoms with Gasteiger partial charge in [-0.15, -0.1) is 0 Å². The van der Waals surface area contributed by atoms with Crippen LogP contribution >= 0.6 is 0 Å². The van der Waals surface area contributed by atoms with Crippen LogP contribution in [0.1, 0.15) is 48.4 Å². The van der Waals surface area contributed by atoms with Crippen LogP contribution in [0.15, 0.2) is 17.6 Å². The van der Waals surface area contributed by atoms with E-state index in [4.69, 9.17) is 0 Å². The molecule has 1 aliphatic heterocycles. The summed E-state index contributed by atoms with van der Waals surface area (Å²) in [6.07, 6.45) is 6.98. The number of urea groups is 1.